The number of nitrogens with one attached hydrogen (secondary N) is 2. The van der Waals surface area contributed by atoms with E-state index in [0.717, 1.165) is 10.3 Å². The molecule has 0 aromatic carbocycles. The lowest BCUT2D eigenvalue weighted by molar-refractivity contribution is -0.140. The van der Waals surface area contributed by atoms with Crippen molar-refractivity contribution in [2.24, 2.45) is 0 Å². The minimum Gasteiger partial charge on any atom is -0.334 e. The molecule has 1 amide bonds. The molecular formula is C12H13F3N4O. The lowest BCUT2D eigenvalue weighted by Crippen LogP contribution is -2.23. The zero-order valence-corrected chi connectivity index (χ0v) is 10.7. The summed E-state index contributed by atoms with van der Waals surface area (Å²) in [6, 6.07) is 4.35. The number of aryl methyl sites for hydroxylation is 1. The van der Waals surface area contributed by atoms with E-state index in [1.807, 2.05) is 6.92 Å². The van der Waals surface area contributed by atoms with Crippen LogP contribution in [0.3, 0.4) is 0 Å². The van der Waals surface area contributed by atoms with E-state index >= 15 is 0 Å². The fraction of sp³-hybridized carbons (Fsp3) is 0.333. The number of aromatic amines is 1. The predicted octanol–water partition coefficient (Wildman–Crippen LogP) is 2.59. The van der Waals surface area contributed by atoms with Gasteiger partial charge in [-0.2, -0.15) is 18.3 Å². The number of hydrogen-bond donors (Lipinski definition) is 2. The van der Waals surface area contributed by atoms with Gasteiger partial charge in [0.2, 0.25) is 0 Å². The molecule has 0 aliphatic carbocycles. The first kappa shape index (κ1) is 14.2. The number of rotatable bonds is 4. The van der Waals surface area contributed by atoms with Crippen LogP contribution in [0.2, 0.25) is 0 Å². The minimum atomic E-state index is -4.38. The second-order valence-electron chi connectivity index (χ2n) is 4.22. The molecule has 0 unspecified atom stereocenters. The molecule has 2 aromatic heterocycles. The maximum atomic E-state index is 12.4. The van der Waals surface area contributed by atoms with Crippen LogP contribution < -0.4 is 5.32 Å². The molecule has 2 rings (SSSR count). The number of carbonyl (C=O) groups excluding carboxylic acids is 1. The van der Waals surface area contributed by atoms with Gasteiger partial charge in [-0.3, -0.25) is 9.89 Å². The maximum Gasteiger partial charge on any atom is 0.406 e. The van der Waals surface area contributed by atoms with E-state index in [0.29, 0.717) is 6.42 Å². The number of alkyl halides is 3. The first-order chi connectivity index (χ1) is 9.39. The summed E-state index contributed by atoms with van der Waals surface area (Å²) in [5.74, 6) is -0.347. The minimum absolute atomic E-state index is 0.0663. The molecular weight excluding hydrogens is 273 g/mol. The van der Waals surface area contributed by atoms with E-state index in [-0.39, 0.29) is 11.5 Å². The Labute approximate surface area is 112 Å². The van der Waals surface area contributed by atoms with Crippen LogP contribution in [-0.4, -0.2) is 26.8 Å². The lowest BCUT2D eigenvalue weighted by Gasteiger charge is -2.11. The van der Waals surface area contributed by atoms with E-state index < -0.39 is 18.6 Å². The summed E-state index contributed by atoms with van der Waals surface area (Å²) in [5, 5.41) is 9.02. The van der Waals surface area contributed by atoms with Crippen LogP contribution in [0.1, 0.15) is 23.1 Å². The summed E-state index contributed by atoms with van der Waals surface area (Å²) in [6.07, 6.45) is -2.45. The average molecular weight is 286 g/mol. The van der Waals surface area contributed by atoms with Crippen molar-refractivity contribution in [2.75, 3.05) is 5.32 Å². The molecule has 0 fully saturated rings. The van der Waals surface area contributed by atoms with Gasteiger partial charge in [0.05, 0.1) is 0 Å². The molecule has 2 aromatic rings. The van der Waals surface area contributed by atoms with Gasteiger partial charge >= 0.3 is 6.18 Å². The van der Waals surface area contributed by atoms with Crippen molar-refractivity contribution in [1.82, 2.24) is 14.8 Å². The Morgan fingerprint density at radius 2 is 2.25 bits per heavy atom. The van der Waals surface area contributed by atoms with Gasteiger partial charge in [-0.1, -0.05) is 6.92 Å². The molecule has 0 atom stereocenters. The first-order valence-electron chi connectivity index (χ1n) is 5.96. The first-order valence-corrected chi connectivity index (χ1v) is 5.96. The molecule has 0 saturated heterocycles. The molecule has 5 nitrogen and oxygen atoms in total. The number of anilines is 1. The van der Waals surface area contributed by atoms with Gasteiger partial charge in [0.1, 0.15) is 12.2 Å². The molecule has 2 heterocycles. The van der Waals surface area contributed by atoms with Crippen molar-refractivity contribution < 1.29 is 18.0 Å². The fourth-order valence-electron chi connectivity index (χ4n) is 1.74. The number of H-pyrrole nitrogens is 1. The zero-order chi connectivity index (χ0) is 14.8. The second kappa shape index (κ2) is 5.40. The van der Waals surface area contributed by atoms with Gasteiger partial charge in [0.15, 0.2) is 5.82 Å². The Morgan fingerprint density at radius 1 is 1.50 bits per heavy atom. The number of nitrogens with zero attached hydrogens (tertiary/aromatic N) is 2. The summed E-state index contributed by atoms with van der Waals surface area (Å²) in [7, 11) is 0. The smallest absolute Gasteiger partial charge is 0.334 e. The van der Waals surface area contributed by atoms with Crippen LogP contribution in [0.25, 0.3) is 0 Å². The monoisotopic (exact) mass is 286 g/mol. The SMILES string of the molecule is CCc1cc(NC(=O)c2cccn2CC(F)(F)F)n[nH]1. The number of carbonyl (C=O) groups is 1. The summed E-state index contributed by atoms with van der Waals surface area (Å²) in [6.45, 7) is 0.705. The maximum absolute atomic E-state index is 12.4. The summed E-state index contributed by atoms with van der Waals surface area (Å²) in [5.41, 5.74) is 0.759. The standard InChI is InChI=1S/C12H13F3N4O/c1-2-8-6-10(18-17-8)16-11(20)9-4-3-5-19(9)7-12(13,14)15/h3-6H,2,7H2,1H3,(H2,16,17,18,20). The van der Waals surface area contributed by atoms with Crippen LogP contribution in [0, 0.1) is 0 Å². The Bertz CT molecular complexity index is 600. The van der Waals surface area contributed by atoms with Gasteiger partial charge in [-0.15, -0.1) is 0 Å². The highest BCUT2D eigenvalue weighted by atomic mass is 19.4. The normalized spacial score (nSPS) is 11.6. The van der Waals surface area contributed by atoms with Gasteiger partial charge in [-0.05, 0) is 18.6 Å². The van der Waals surface area contributed by atoms with E-state index in [1.54, 1.807) is 6.07 Å². The highest BCUT2D eigenvalue weighted by Crippen LogP contribution is 2.19. The molecule has 0 radical (unpaired) electrons. The second-order valence-corrected chi connectivity index (χ2v) is 4.22. The molecule has 0 saturated carbocycles. The van der Waals surface area contributed by atoms with Gasteiger partial charge in [0, 0.05) is 18.0 Å². The van der Waals surface area contributed by atoms with Crippen molar-refractivity contribution in [3.05, 3.63) is 35.8 Å². The van der Waals surface area contributed by atoms with Gasteiger partial charge in [-0.25, -0.2) is 0 Å². The molecule has 2 N–H and O–H groups in total. The van der Waals surface area contributed by atoms with Crippen LogP contribution in [-0.2, 0) is 13.0 Å². The topological polar surface area (TPSA) is 62.7 Å². The number of hydrogen-bond acceptors (Lipinski definition) is 2. The highest BCUT2D eigenvalue weighted by Gasteiger charge is 2.29. The van der Waals surface area contributed by atoms with Crippen LogP contribution in [0.15, 0.2) is 24.4 Å². The van der Waals surface area contributed by atoms with E-state index in [2.05, 4.69) is 15.5 Å². The third-order valence-electron chi connectivity index (χ3n) is 2.67. The van der Waals surface area contributed by atoms with E-state index in [4.69, 9.17) is 0 Å². The van der Waals surface area contributed by atoms with Gasteiger partial charge in [0.25, 0.3) is 5.91 Å². The summed E-state index contributed by atoms with van der Waals surface area (Å²) < 4.78 is 38.0. The molecule has 0 aliphatic rings. The molecule has 0 spiro atoms. The molecule has 0 bridgehead atoms. The van der Waals surface area contributed by atoms with E-state index in [9.17, 15) is 18.0 Å². The highest BCUT2D eigenvalue weighted by molar-refractivity contribution is 6.02. The predicted molar refractivity (Wildman–Crippen MR) is 66.4 cm³/mol. The largest absolute Gasteiger partial charge is 0.406 e. The molecule has 108 valence electrons. The number of aromatic nitrogens is 3. The number of amides is 1. The summed E-state index contributed by atoms with van der Waals surface area (Å²) >= 11 is 0. The Balaban J connectivity index is 2.11. The third kappa shape index (κ3) is 3.40. The van der Waals surface area contributed by atoms with Crippen molar-refractivity contribution in [1.29, 1.82) is 0 Å². The van der Waals surface area contributed by atoms with Crippen molar-refractivity contribution >= 4 is 11.7 Å². The fourth-order valence-corrected chi connectivity index (χ4v) is 1.74. The summed E-state index contributed by atoms with van der Waals surface area (Å²) in [4.78, 5) is 11.9. The van der Waals surface area contributed by atoms with Crippen LogP contribution in [0.5, 0.6) is 0 Å². The molecule has 0 aliphatic heterocycles. The number of halogens is 3. The Hall–Kier alpha value is -2.25. The van der Waals surface area contributed by atoms with E-state index in [1.165, 1.54) is 18.3 Å². The van der Waals surface area contributed by atoms with Crippen LogP contribution >= 0.6 is 0 Å². The lowest BCUT2D eigenvalue weighted by atomic mass is 10.3. The van der Waals surface area contributed by atoms with Crippen molar-refractivity contribution in [3.8, 4) is 0 Å². The Morgan fingerprint density at radius 3 is 2.85 bits per heavy atom. The molecule has 8 heteroatoms. The average Bonchev–Trinajstić information content (AvgIpc) is 2.95. The quantitative estimate of drug-likeness (QED) is 0.907. The Kier molecular flexibility index (Phi) is 3.82. The zero-order valence-electron chi connectivity index (χ0n) is 10.7. The van der Waals surface area contributed by atoms with Crippen molar-refractivity contribution in [2.45, 2.75) is 26.1 Å². The van der Waals surface area contributed by atoms with Crippen LogP contribution in [0.4, 0.5) is 19.0 Å². The third-order valence-corrected chi connectivity index (χ3v) is 2.67. The van der Waals surface area contributed by atoms with Crippen molar-refractivity contribution in [3.63, 3.8) is 0 Å². The molecule has 20 heavy (non-hydrogen) atoms. The van der Waals surface area contributed by atoms with Gasteiger partial charge < -0.3 is 9.88 Å².